The minimum Gasteiger partial charge on any atom is -0.496 e. The van der Waals surface area contributed by atoms with Gasteiger partial charge in [-0.15, -0.1) is 0 Å². The molecule has 1 heterocycles. The van der Waals surface area contributed by atoms with Crippen LogP contribution in [0.25, 0.3) is 0 Å². The zero-order chi connectivity index (χ0) is 18.1. The monoisotopic (exact) mass is 422 g/mol. The van der Waals surface area contributed by atoms with Crippen molar-refractivity contribution >= 4 is 50.7 Å². The number of hydrogen-bond acceptors (Lipinski definition) is 3. The Bertz CT molecular complexity index is 870. The van der Waals surface area contributed by atoms with Gasteiger partial charge in [-0.2, -0.15) is 0 Å². The summed E-state index contributed by atoms with van der Waals surface area (Å²) in [5, 5.41) is 3.33. The number of fused-ring (bicyclic) bond motifs is 1. The van der Waals surface area contributed by atoms with Crippen molar-refractivity contribution < 1.29 is 14.3 Å². The van der Waals surface area contributed by atoms with Crippen molar-refractivity contribution in [2.75, 3.05) is 23.9 Å². The molecule has 2 aromatic carbocycles. The molecule has 1 N–H and O–H groups in total. The smallest absolute Gasteiger partial charge is 0.259 e. The van der Waals surface area contributed by atoms with Crippen LogP contribution in [0, 0.1) is 0 Å². The number of carbonyl (C=O) groups is 2. The molecule has 25 heavy (non-hydrogen) atoms. The van der Waals surface area contributed by atoms with Crippen LogP contribution < -0.4 is 15.0 Å². The van der Waals surface area contributed by atoms with Crippen LogP contribution in [0.4, 0.5) is 11.4 Å². The van der Waals surface area contributed by atoms with Crippen molar-refractivity contribution in [3.8, 4) is 5.75 Å². The lowest BCUT2D eigenvalue weighted by atomic mass is 10.1. The molecular weight excluding hydrogens is 408 g/mol. The molecule has 0 saturated carbocycles. The molecular formula is C18H16BrClN2O3. The Labute approximate surface area is 159 Å². The van der Waals surface area contributed by atoms with Gasteiger partial charge in [0, 0.05) is 23.0 Å². The first-order valence-corrected chi connectivity index (χ1v) is 8.83. The van der Waals surface area contributed by atoms with Crippen LogP contribution in [0.1, 0.15) is 22.8 Å². The third kappa shape index (κ3) is 3.50. The van der Waals surface area contributed by atoms with Crippen molar-refractivity contribution in [3.63, 3.8) is 0 Å². The Morgan fingerprint density at radius 2 is 2.04 bits per heavy atom. The molecule has 0 atom stereocenters. The molecule has 0 fully saturated rings. The summed E-state index contributed by atoms with van der Waals surface area (Å²) in [4.78, 5) is 26.3. The maximum absolute atomic E-state index is 12.8. The van der Waals surface area contributed by atoms with Gasteiger partial charge in [-0.05, 0) is 42.3 Å². The summed E-state index contributed by atoms with van der Waals surface area (Å²) < 4.78 is 6.08. The minimum atomic E-state index is -0.352. The van der Waals surface area contributed by atoms with Crippen LogP contribution in [0.15, 0.2) is 34.8 Å². The van der Waals surface area contributed by atoms with E-state index in [-0.39, 0.29) is 11.8 Å². The van der Waals surface area contributed by atoms with E-state index in [9.17, 15) is 9.59 Å². The van der Waals surface area contributed by atoms with Crippen molar-refractivity contribution in [1.82, 2.24) is 0 Å². The van der Waals surface area contributed by atoms with E-state index in [4.69, 9.17) is 16.3 Å². The number of hydrogen-bond donors (Lipinski definition) is 1. The number of rotatable bonds is 3. The molecule has 1 aliphatic heterocycles. The number of halogens is 2. The topological polar surface area (TPSA) is 58.6 Å². The van der Waals surface area contributed by atoms with Crippen LogP contribution in [-0.4, -0.2) is 25.5 Å². The van der Waals surface area contributed by atoms with E-state index in [0.717, 1.165) is 22.1 Å². The normalized spacial score (nSPS) is 12.7. The van der Waals surface area contributed by atoms with Gasteiger partial charge in [0.2, 0.25) is 5.91 Å². The van der Waals surface area contributed by atoms with Crippen LogP contribution in [0.5, 0.6) is 5.75 Å². The second-order valence-electron chi connectivity index (χ2n) is 5.68. The SMILES string of the molecule is COc1ccc(Cl)cc1C(=O)Nc1cc(Br)cc2c1N(C(C)=O)CC2. The zero-order valence-electron chi connectivity index (χ0n) is 13.7. The molecule has 2 aromatic rings. The van der Waals surface area contributed by atoms with Crippen LogP contribution in [0.3, 0.4) is 0 Å². The van der Waals surface area contributed by atoms with E-state index >= 15 is 0 Å². The van der Waals surface area contributed by atoms with Gasteiger partial charge in [-0.1, -0.05) is 27.5 Å². The van der Waals surface area contributed by atoms with Gasteiger partial charge < -0.3 is 15.0 Å². The summed E-state index contributed by atoms with van der Waals surface area (Å²) >= 11 is 9.47. The highest BCUT2D eigenvalue weighted by Crippen LogP contribution is 2.39. The summed E-state index contributed by atoms with van der Waals surface area (Å²) in [7, 11) is 1.49. The zero-order valence-corrected chi connectivity index (χ0v) is 16.1. The maximum atomic E-state index is 12.8. The van der Waals surface area contributed by atoms with E-state index < -0.39 is 0 Å². The average Bonchev–Trinajstić information content (AvgIpc) is 2.98. The van der Waals surface area contributed by atoms with E-state index in [1.807, 2.05) is 6.07 Å². The Balaban J connectivity index is 2.00. The lowest BCUT2D eigenvalue weighted by Gasteiger charge is -2.20. The summed E-state index contributed by atoms with van der Waals surface area (Å²) in [6.07, 6.45) is 0.748. The van der Waals surface area contributed by atoms with Crippen molar-refractivity contribution in [1.29, 1.82) is 0 Å². The molecule has 0 spiro atoms. The third-order valence-corrected chi connectivity index (χ3v) is 4.76. The predicted molar refractivity (Wildman–Crippen MR) is 102 cm³/mol. The fourth-order valence-electron chi connectivity index (χ4n) is 2.97. The first-order valence-electron chi connectivity index (χ1n) is 7.66. The van der Waals surface area contributed by atoms with E-state index in [2.05, 4.69) is 21.2 Å². The number of carbonyl (C=O) groups excluding carboxylic acids is 2. The molecule has 3 rings (SSSR count). The van der Waals surface area contributed by atoms with Gasteiger partial charge in [0.05, 0.1) is 24.0 Å². The summed E-state index contributed by atoms with van der Waals surface area (Å²) in [6.45, 7) is 2.12. The highest BCUT2D eigenvalue weighted by atomic mass is 79.9. The Morgan fingerprint density at radius 1 is 1.28 bits per heavy atom. The van der Waals surface area contributed by atoms with Crippen molar-refractivity contribution in [2.24, 2.45) is 0 Å². The number of methoxy groups -OCH3 is 1. The van der Waals surface area contributed by atoms with E-state index in [1.54, 1.807) is 29.2 Å². The van der Waals surface area contributed by atoms with Gasteiger partial charge in [-0.3, -0.25) is 9.59 Å². The Morgan fingerprint density at radius 3 is 2.72 bits per heavy atom. The van der Waals surface area contributed by atoms with Gasteiger partial charge in [0.1, 0.15) is 5.75 Å². The number of anilines is 2. The molecule has 130 valence electrons. The molecule has 2 amide bonds. The number of benzene rings is 2. The Kier molecular flexibility index (Phi) is 5.01. The second-order valence-corrected chi connectivity index (χ2v) is 7.03. The standard InChI is InChI=1S/C18H16BrClN2O3/c1-10(23)22-6-5-11-7-12(19)8-15(17(11)22)21-18(24)14-9-13(20)3-4-16(14)25-2/h3-4,7-9H,5-6H2,1-2H3,(H,21,24). The molecule has 0 unspecified atom stereocenters. The molecule has 0 aliphatic carbocycles. The number of amides is 2. The van der Waals surface area contributed by atoms with Gasteiger partial charge in [0.25, 0.3) is 5.91 Å². The number of ether oxygens (including phenoxy) is 1. The number of nitrogens with one attached hydrogen (secondary N) is 1. The van der Waals surface area contributed by atoms with Gasteiger partial charge in [-0.25, -0.2) is 0 Å². The lowest BCUT2D eigenvalue weighted by Crippen LogP contribution is -2.27. The second kappa shape index (κ2) is 7.06. The molecule has 1 aliphatic rings. The first-order chi connectivity index (χ1) is 11.9. The maximum Gasteiger partial charge on any atom is 0.259 e. The fraction of sp³-hybridized carbons (Fsp3) is 0.222. The van der Waals surface area contributed by atoms with Crippen molar-refractivity contribution in [3.05, 3.63) is 51.0 Å². The van der Waals surface area contributed by atoms with Crippen LogP contribution >= 0.6 is 27.5 Å². The van der Waals surface area contributed by atoms with Gasteiger partial charge >= 0.3 is 0 Å². The quantitative estimate of drug-likeness (QED) is 0.802. The molecule has 0 bridgehead atoms. The third-order valence-electron chi connectivity index (χ3n) is 4.06. The van der Waals surface area contributed by atoms with Gasteiger partial charge in [0.15, 0.2) is 0 Å². The largest absolute Gasteiger partial charge is 0.496 e. The van der Waals surface area contributed by atoms with E-state index in [1.165, 1.54) is 14.0 Å². The van der Waals surface area contributed by atoms with Crippen LogP contribution in [0.2, 0.25) is 5.02 Å². The highest BCUT2D eigenvalue weighted by molar-refractivity contribution is 9.10. The summed E-state index contributed by atoms with van der Waals surface area (Å²) in [5.74, 6) is 0.0175. The molecule has 5 nitrogen and oxygen atoms in total. The van der Waals surface area contributed by atoms with Crippen LogP contribution in [-0.2, 0) is 11.2 Å². The molecule has 0 aromatic heterocycles. The fourth-order valence-corrected chi connectivity index (χ4v) is 3.64. The predicted octanol–water partition coefficient (Wildman–Crippen LogP) is 4.27. The lowest BCUT2D eigenvalue weighted by molar-refractivity contribution is -0.116. The summed E-state index contributed by atoms with van der Waals surface area (Å²) in [6, 6.07) is 8.61. The average molecular weight is 424 g/mol. The van der Waals surface area contributed by atoms with Crippen molar-refractivity contribution in [2.45, 2.75) is 13.3 Å². The molecule has 0 saturated heterocycles. The molecule has 0 radical (unpaired) electrons. The molecule has 7 heteroatoms. The first kappa shape index (κ1) is 17.8. The minimum absolute atomic E-state index is 0.0584. The Hall–Kier alpha value is -2.05. The highest BCUT2D eigenvalue weighted by Gasteiger charge is 2.27. The van der Waals surface area contributed by atoms with E-state index in [0.29, 0.717) is 28.6 Å². The number of nitrogens with zero attached hydrogens (tertiary/aromatic N) is 1. The summed E-state index contributed by atoms with van der Waals surface area (Å²) in [5.41, 5.74) is 2.66.